The van der Waals surface area contributed by atoms with Gasteiger partial charge >= 0.3 is 0 Å². The van der Waals surface area contributed by atoms with Crippen molar-refractivity contribution in [3.8, 4) is 0 Å². The van der Waals surface area contributed by atoms with Gasteiger partial charge in [0.15, 0.2) is 0 Å². The van der Waals surface area contributed by atoms with Crippen molar-refractivity contribution in [3.05, 3.63) is 46.0 Å². The Morgan fingerprint density at radius 3 is 2.84 bits per heavy atom. The second kappa shape index (κ2) is 8.56. The highest BCUT2D eigenvalue weighted by Crippen LogP contribution is 2.29. The molecule has 0 bridgehead atoms. The van der Waals surface area contributed by atoms with E-state index >= 15 is 0 Å². The summed E-state index contributed by atoms with van der Waals surface area (Å²) in [5, 5.41) is 4.40. The fourth-order valence-electron chi connectivity index (χ4n) is 1.66. The van der Waals surface area contributed by atoms with Crippen molar-refractivity contribution >= 4 is 23.2 Å². The molecule has 0 heterocycles. The lowest BCUT2D eigenvalue weighted by Gasteiger charge is -2.19. The molecule has 0 aliphatic heterocycles. The van der Waals surface area contributed by atoms with Gasteiger partial charge in [0.25, 0.3) is 0 Å². The van der Waals surface area contributed by atoms with E-state index in [9.17, 15) is 0 Å². The second-order valence-corrected chi connectivity index (χ2v) is 5.18. The van der Waals surface area contributed by atoms with Crippen molar-refractivity contribution in [1.29, 1.82) is 0 Å². The third-order valence-electron chi connectivity index (χ3n) is 2.58. The van der Waals surface area contributed by atoms with Crippen LogP contribution < -0.4 is 11.1 Å². The van der Waals surface area contributed by atoms with Crippen LogP contribution in [-0.4, -0.2) is 26.3 Å². The van der Waals surface area contributed by atoms with Gasteiger partial charge in [0, 0.05) is 19.1 Å². The van der Waals surface area contributed by atoms with Crippen LogP contribution in [0.5, 0.6) is 0 Å². The Kier molecular flexibility index (Phi) is 7.42. The van der Waals surface area contributed by atoms with Crippen molar-refractivity contribution in [2.24, 2.45) is 5.73 Å². The van der Waals surface area contributed by atoms with Gasteiger partial charge in [-0.3, -0.25) is 0 Å². The molecule has 1 rings (SSSR count). The number of ether oxygens (including phenoxy) is 1. The maximum atomic E-state index is 6.18. The molecule has 3 nitrogen and oxygen atoms in total. The zero-order valence-corrected chi connectivity index (χ0v) is 12.6. The van der Waals surface area contributed by atoms with Gasteiger partial charge < -0.3 is 15.8 Å². The van der Waals surface area contributed by atoms with Gasteiger partial charge in [0.05, 0.1) is 23.3 Å². The summed E-state index contributed by atoms with van der Waals surface area (Å²) in [7, 11) is 0. The van der Waals surface area contributed by atoms with Crippen LogP contribution in [0.3, 0.4) is 0 Å². The minimum atomic E-state index is -0.0281. The largest absolute Gasteiger partial charge is 0.376 e. The molecule has 5 heteroatoms. The van der Waals surface area contributed by atoms with E-state index in [4.69, 9.17) is 33.7 Å². The first-order valence-electron chi connectivity index (χ1n) is 6.15. The predicted octanol–water partition coefficient (Wildman–Crippen LogP) is 3.18. The smallest absolute Gasteiger partial charge is 0.0672 e. The van der Waals surface area contributed by atoms with Gasteiger partial charge in [0.2, 0.25) is 0 Å². The lowest BCUT2D eigenvalue weighted by atomic mass is 10.1. The molecule has 1 aromatic carbocycles. The molecule has 0 radical (unpaired) electrons. The fraction of sp³-hybridized carbons (Fsp3) is 0.429. The van der Waals surface area contributed by atoms with Crippen LogP contribution in [0.2, 0.25) is 10.0 Å². The Morgan fingerprint density at radius 1 is 1.47 bits per heavy atom. The molecule has 0 fully saturated rings. The zero-order valence-electron chi connectivity index (χ0n) is 11.1. The van der Waals surface area contributed by atoms with E-state index in [-0.39, 0.29) is 6.04 Å². The Morgan fingerprint density at radius 2 is 2.21 bits per heavy atom. The molecule has 0 aromatic heterocycles. The molecule has 1 unspecified atom stereocenters. The number of hydrogen-bond acceptors (Lipinski definition) is 3. The molecule has 0 aliphatic rings. The standard InChI is InChI=1S/C14H20Cl2N2O/c1-10(2)9-19-7-6-18-13(8-17)11-4-3-5-12(15)14(11)16/h3-5,13,18H,1,6-9,17H2,2H3. The van der Waals surface area contributed by atoms with Gasteiger partial charge in [-0.1, -0.05) is 47.5 Å². The van der Waals surface area contributed by atoms with Crippen LogP contribution in [0, 0.1) is 0 Å². The quantitative estimate of drug-likeness (QED) is 0.573. The number of nitrogens with two attached hydrogens (primary N) is 1. The van der Waals surface area contributed by atoms with E-state index in [1.807, 2.05) is 19.1 Å². The Bertz CT molecular complexity index is 424. The maximum absolute atomic E-state index is 6.18. The van der Waals surface area contributed by atoms with Crippen molar-refractivity contribution < 1.29 is 4.74 Å². The van der Waals surface area contributed by atoms with Crippen LogP contribution in [0.25, 0.3) is 0 Å². The molecule has 0 saturated heterocycles. The van der Waals surface area contributed by atoms with E-state index in [1.54, 1.807) is 6.07 Å². The summed E-state index contributed by atoms with van der Waals surface area (Å²) >= 11 is 12.2. The minimum Gasteiger partial charge on any atom is -0.376 e. The zero-order chi connectivity index (χ0) is 14.3. The number of rotatable bonds is 8. The first-order valence-corrected chi connectivity index (χ1v) is 6.91. The summed E-state index contributed by atoms with van der Waals surface area (Å²) in [5.41, 5.74) is 7.69. The molecular formula is C14H20Cl2N2O. The van der Waals surface area contributed by atoms with Gasteiger partial charge in [-0.25, -0.2) is 0 Å². The van der Waals surface area contributed by atoms with E-state index in [0.717, 1.165) is 11.1 Å². The van der Waals surface area contributed by atoms with Gasteiger partial charge in [0.1, 0.15) is 0 Å². The van der Waals surface area contributed by atoms with Gasteiger partial charge in [-0.15, -0.1) is 0 Å². The summed E-state index contributed by atoms with van der Waals surface area (Å²) in [6, 6.07) is 5.52. The van der Waals surface area contributed by atoms with Crippen LogP contribution in [0.15, 0.2) is 30.4 Å². The third-order valence-corrected chi connectivity index (χ3v) is 3.41. The van der Waals surface area contributed by atoms with E-state index in [1.165, 1.54) is 0 Å². The number of benzene rings is 1. The number of halogens is 2. The Hall–Kier alpha value is -0.580. The number of hydrogen-bond donors (Lipinski definition) is 2. The highest BCUT2D eigenvalue weighted by atomic mass is 35.5. The topological polar surface area (TPSA) is 47.3 Å². The average molecular weight is 303 g/mol. The fourth-order valence-corrected chi connectivity index (χ4v) is 2.10. The van der Waals surface area contributed by atoms with Crippen LogP contribution in [0.1, 0.15) is 18.5 Å². The summed E-state index contributed by atoms with van der Waals surface area (Å²) in [6.45, 7) is 8.02. The van der Waals surface area contributed by atoms with Crippen LogP contribution in [-0.2, 0) is 4.74 Å². The molecule has 1 aromatic rings. The van der Waals surface area contributed by atoms with Crippen molar-refractivity contribution in [3.63, 3.8) is 0 Å². The molecule has 106 valence electrons. The Labute approximate surface area is 124 Å². The lowest BCUT2D eigenvalue weighted by molar-refractivity contribution is 0.155. The molecule has 19 heavy (non-hydrogen) atoms. The summed E-state index contributed by atoms with van der Waals surface area (Å²) < 4.78 is 5.42. The first-order chi connectivity index (χ1) is 9.06. The highest BCUT2D eigenvalue weighted by Gasteiger charge is 2.14. The summed E-state index contributed by atoms with van der Waals surface area (Å²) in [5.74, 6) is 0. The van der Waals surface area contributed by atoms with Crippen LogP contribution in [0.4, 0.5) is 0 Å². The summed E-state index contributed by atoms with van der Waals surface area (Å²) in [6.07, 6.45) is 0. The maximum Gasteiger partial charge on any atom is 0.0672 e. The molecule has 0 aliphatic carbocycles. The molecule has 1 atom stereocenters. The van der Waals surface area contributed by atoms with Gasteiger partial charge in [-0.05, 0) is 18.6 Å². The van der Waals surface area contributed by atoms with Crippen molar-refractivity contribution in [2.45, 2.75) is 13.0 Å². The van der Waals surface area contributed by atoms with E-state index < -0.39 is 0 Å². The van der Waals surface area contributed by atoms with Crippen LogP contribution >= 0.6 is 23.2 Å². The van der Waals surface area contributed by atoms with E-state index in [0.29, 0.717) is 36.3 Å². The molecule has 0 amide bonds. The molecule has 3 N–H and O–H groups in total. The van der Waals surface area contributed by atoms with E-state index in [2.05, 4.69) is 11.9 Å². The monoisotopic (exact) mass is 302 g/mol. The Balaban J connectivity index is 2.49. The first kappa shape index (κ1) is 16.5. The van der Waals surface area contributed by atoms with Crippen molar-refractivity contribution in [1.82, 2.24) is 5.32 Å². The second-order valence-electron chi connectivity index (χ2n) is 4.40. The van der Waals surface area contributed by atoms with Crippen molar-refractivity contribution in [2.75, 3.05) is 26.3 Å². The molecule has 0 saturated carbocycles. The highest BCUT2D eigenvalue weighted by molar-refractivity contribution is 6.42. The normalized spacial score (nSPS) is 12.4. The molecular weight excluding hydrogens is 283 g/mol. The predicted molar refractivity (Wildman–Crippen MR) is 81.9 cm³/mol. The minimum absolute atomic E-state index is 0.0281. The third kappa shape index (κ3) is 5.51. The SMILES string of the molecule is C=C(C)COCCNC(CN)c1cccc(Cl)c1Cl. The van der Waals surface area contributed by atoms with Gasteiger partial charge in [-0.2, -0.15) is 0 Å². The average Bonchev–Trinajstić information content (AvgIpc) is 2.37. The lowest BCUT2D eigenvalue weighted by Crippen LogP contribution is -2.31. The molecule has 0 spiro atoms. The number of nitrogens with one attached hydrogen (secondary N) is 1. The summed E-state index contributed by atoms with van der Waals surface area (Å²) in [4.78, 5) is 0.